The van der Waals surface area contributed by atoms with Crippen molar-refractivity contribution in [2.75, 3.05) is 26.4 Å². The van der Waals surface area contributed by atoms with Crippen LogP contribution in [0.2, 0.25) is 0 Å². The highest BCUT2D eigenvalue weighted by atomic mass is 32.2. The Morgan fingerprint density at radius 2 is 1.82 bits per heavy atom. The number of nitrogens with zero attached hydrogens (tertiary/aromatic N) is 4. The molecule has 1 aromatic carbocycles. The van der Waals surface area contributed by atoms with E-state index >= 15 is 0 Å². The van der Waals surface area contributed by atoms with E-state index < -0.39 is 0 Å². The van der Waals surface area contributed by atoms with E-state index in [1.165, 1.54) is 11.9 Å². The fourth-order valence-corrected chi connectivity index (χ4v) is 3.73. The number of fused-ring (bicyclic) bond motifs is 1. The number of carbonyl (C=O) groups is 1. The van der Waals surface area contributed by atoms with Gasteiger partial charge in [-0.3, -0.25) is 4.98 Å². The molecule has 0 spiro atoms. The number of benzene rings is 1. The van der Waals surface area contributed by atoms with Crippen LogP contribution in [0.1, 0.15) is 46.0 Å². The molecule has 180 valence electrons. The average Bonchev–Trinajstić information content (AvgIpc) is 3.09. The van der Waals surface area contributed by atoms with E-state index in [4.69, 9.17) is 9.47 Å². The minimum Gasteiger partial charge on any atom is -0.449 e. The molecule has 33 heavy (non-hydrogen) atoms. The molecule has 8 heteroatoms. The summed E-state index contributed by atoms with van der Waals surface area (Å²) in [4.78, 5) is 21.9. The van der Waals surface area contributed by atoms with Crippen molar-refractivity contribution in [1.29, 1.82) is 0 Å². The van der Waals surface area contributed by atoms with Crippen LogP contribution in [0.15, 0.2) is 47.6 Å². The Kier molecular flexibility index (Phi) is 11.2. The van der Waals surface area contributed by atoms with Gasteiger partial charge in [-0.15, -0.1) is 0 Å². The molecule has 0 saturated carbocycles. The lowest BCUT2D eigenvalue weighted by molar-refractivity contribution is 0.109. The number of imidazole rings is 1. The molecule has 0 bridgehead atoms. The second-order valence-electron chi connectivity index (χ2n) is 8.07. The monoisotopic (exact) mass is 472 g/mol. The molecule has 3 rings (SSSR count). The van der Waals surface area contributed by atoms with Crippen LogP contribution in [0.3, 0.4) is 0 Å². The maximum Gasteiger partial charge on any atom is 0.420 e. The first-order chi connectivity index (χ1) is 15.8. The number of amides is 1. The molecule has 0 atom stereocenters. The summed E-state index contributed by atoms with van der Waals surface area (Å²) in [6.07, 6.45) is 3.21. The summed E-state index contributed by atoms with van der Waals surface area (Å²) < 4.78 is 14.3. The number of hydrogen-bond acceptors (Lipinski definition) is 6. The number of aromatic nitrogens is 3. The molecule has 2 aromatic heterocycles. The van der Waals surface area contributed by atoms with E-state index in [9.17, 15) is 4.79 Å². The lowest BCUT2D eigenvalue weighted by Crippen LogP contribution is -2.28. The van der Waals surface area contributed by atoms with Gasteiger partial charge in [-0.1, -0.05) is 32.9 Å². The third-order valence-electron chi connectivity index (χ3n) is 4.34. The molecule has 0 saturated heterocycles. The van der Waals surface area contributed by atoms with Crippen molar-refractivity contribution in [3.05, 3.63) is 54.1 Å². The molecule has 0 aliphatic carbocycles. The SMILES string of the molecule is CC(C)C.CCOCCN(Sc1ccc(Cn2c(C)nc3cnccc32)cc1)C(=O)OCC. The van der Waals surface area contributed by atoms with E-state index in [0.29, 0.717) is 26.4 Å². The van der Waals surface area contributed by atoms with Crippen LogP contribution in [0.4, 0.5) is 4.79 Å². The van der Waals surface area contributed by atoms with Crippen LogP contribution in [0, 0.1) is 12.8 Å². The predicted molar refractivity (Wildman–Crippen MR) is 134 cm³/mol. The Morgan fingerprint density at radius 3 is 2.45 bits per heavy atom. The summed E-state index contributed by atoms with van der Waals surface area (Å²) in [5.41, 5.74) is 3.13. The molecule has 1 amide bonds. The number of rotatable bonds is 9. The van der Waals surface area contributed by atoms with E-state index in [2.05, 4.69) is 47.4 Å². The Hall–Kier alpha value is -2.58. The predicted octanol–water partition coefficient (Wildman–Crippen LogP) is 5.95. The summed E-state index contributed by atoms with van der Waals surface area (Å²) in [6, 6.07) is 10.2. The Labute approximate surface area is 201 Å². The molecule has 2 heterocycles. The van der Waals surface area contributed by atoms with E-state index in [1.807, 2.05) is 32.0 Å². The first kappa shape index (κ1) is 26.7. The van der Waals surface area contributed by atoms with Crippen molar-refractivity contribution in [3.8, 4) is 0 Å². The van der Waals surface area contributed by atoms with Gasteiger partial charge < -0.3 is 14.0 Å². The smallest absolute Gasteiger partial charge is 0.420 e. The molecule has 0 radical (unpaired) electrons. The Balaban J connectivity index is 0.000000890. The van der Waals surface area contributed by atoms with Gasteiger partial charge in [0, 0.05) is 24.2 Å². The van der Waals surface area contributed by atoms with Crippen molar-refractivity contribution in [1.82, 2.24) is 18.8 Å². The summed E-state index contributed by atoms with van der Waals surface area (Å²) in [5.74, 6) is 1.79. The normalized spacial score (nSPS) is 10.8. The van der Waals surface area contributed by atoms with Gasteiger partial charge >= 0.3 is 6.09 Å². The number of pyridine rings is 1. The van der Waals surface area contributed by atoms with Gasteiger partial charge in [-0.25, -0.2) is 14.1 Å². The number of carbonyl (C=O) groups excluding carboxylic acids is 1. The highest BCUT2D eigenvalue weighted by Crippen LogP contribution is 2.24. The van der Waals surface area contributed by atoms with Gasteiger partial charge in [-0.05, 0) is 62.4 Å². The maximum absolute atomic E-state index is 12.2. The van der Waals surface area contributed by atoms with E-state index in [-0.39, 0.29) is 6.09 Å². The third kappa shape index (κ3) is 8.70. The second kappa shape index (κ2) is 13.9. The molecule has 0 aliphatic rings. The van der Waals surface area contributed by atoms with Crippen LogP contribution in [0.25, 0.3) is 11.0 Å². The largest absolute Gasteiger partial charge is 0.449 e. The summed E-state index contributed by atoms with van der Waals surface area (Å²) in [6.45, 7) is 14.9. The zero-order valence-corrected chi connectivity index (χ0v) is 21.4. The van der Waals surface area contributed by atoms with Crippen molar-refractivity contribution >= 4 is 29.1 Å². The fourth-order valence-electron chi connectivity index (χ4n) is 2.93. The fraction of sp³-hybridized carbons (Fsp3) is 0.480. The third-order valence-corrected chi connectivity index (χ3v) is 5.37. The molecule has 0 aliphatic heterocycles. The highest BCUT2D eigenvalue weighted by molar-refractivity contribution is 7.97. The first-order valence-corrected chi connectivity index (χ1v) is 12.2. The second-order valence-corrected chi connectivity index (χ2v) is 9.17. The Bertz CT molecular complexity index is 986. The standard InChI is InChI=1S/C21H26N4O3S.C4H10/c1-4-27-13-12-25(21(26)28-5-2)29-18-8-6-17(7-9-18)15-24-16(3)23-19-14-22-11-10-20(19)24;1-4(2)3/h6-11,14H,4-5,12-13,15H2,1-3H3;4H,1-3H3. The molecule has 7 nitrogen and oxygen atoms in total. The van der Waals surface area contributed by atoms with Crippen LogP contribution in [-0.2, 0) is 16.0 Å². The summed E-state index contributed by atoms with van der Waals surface area (Å²) >= 11 is 1.36. The van der Waals surface area contributed by atoms with Crippen molar-refractivity contribution in [2.24, 2.45) is 5.92 Å². The lowest BCUT2D eigenvalue weighted by atomic mass is 10.2. The molecule has 0 unspecified atom stereocenters. The van der Waals surface area contributed by atoms with E-state index in [0.717, 1.165) is 39.8 Å². The van der Waals surface area contributed by atoms with Crippen molar-refractivity contribution in [2.45, 2.75) is 53.0 Å². The zero-order chi connectivity index (χ0) is 24.2. The average molecular weight is 473 g/mol. The molecule has 3 aromatic rings. The summed E-state index contributed by atoms with van der Waals surface area (Å²) in [5, 5.41) is 0. The lowest BCUT2D eigenvalue weighted by Gasteiger charge is -2.20. The first-order valence-electron chi connectivity index (χ1n) is 11.4. The van der Waals surface area contributed by atoms with Crippen molar-refractivity contribution in [3.63, 3.8) is 0 Å². The van der Waals surface area contributed by atoms with Crippen LogP contribution >= 0.6 is 11.9 Å². The van der Waals surface area contributed by atoms with Gasteiger partial charge in [0.1, 0.15) is 11.3 Å². The van der Waals surface area contributed by atoms with Gasteiger partial charge in [-0.2, -0.15) is 0 Å². The van der Waals surface area contributed by atoms with Gasteiger partial charge in [0.2, 0.25) is 0 Å². The Morgan fingerprint density at radius 1 is 1.12 bits per heavy atom. The number of aryl methyl sites for hydroxylation is 1. The summed E-state index contributed by atoms with van der Waals surface area (Å²) in [7, 11) is 0. The molecular weight excluding hydrogens is 436 g/mol. The zero-order valence-electron chi connectivity index (χ0n) is 20.6. The van der Waals surface area contributed by atoms with Crippen LogP contribution < -0.4 is 0 Å². The molecule has 0 fully saturated rings. The topological polar surface area (TPSA) is 69.5 Å². The number of hydrogen-bond donors (Lipinski definition) is 0. The minimum absolute atomic E-state index is 0.344. The van der Waals surface area contributed by atoms with Crippen LogP contribution in [0.5, 0.6) is 0 Å². The highest BCUT2D eigenvalue weighted by Gasteiger charge is 2.16. The maximum atomic E-state index is 12.2. The van der Waals surface area contributed by atoms with Gasteiger partial charge in [0.25, 0.3) is 0 Å². The van der Waals surface area contributed by atoms with Crippen LogP contribution in [-0.4, -0.2) is 51.3 Å². The molecule has 0 N–H and O–H groups in total. The van der Waals surface area contributed by atoms with Crippen molar-refractivity contribution < 1.29 is 14.3 Å². The molecular formula is C25H36N4O3S. The number of ether oxygens (including phenoxy) is 2. The minimum atomic E-state index is -0.351. The van der Waals surface area contributed by atoms with Gasteiger partial charge in [0.15, 0.2) is 0 Å². The quantitative estimate of drug-likeness (QED) is 0.283. The van der Waals surface area contributed by atoms with Gasteiger partial charge in [0.05, 0.1) is 31.5 Å². The van der Waals surface area contributed by atoms with E-state index in [1.54, 1.807) is 23.6 Å².